The molecule has 0 aliphatic rings. The van der Waals surface area contributed by atoms with E-state index >= 15 is 0 Å². The molecule has 0 bridgehead atoms. The van der Waals surface area contributed by atoms with Gasteiger partial charge in [0.05, 0.1) is 96.1 Å². The van der Waals surface area contributed by atoms with Crippen LogP contribution in [0.15, 0.2) is 182 Å². The Morgan fingerprint density at radius 2 is 0.561 bits per heavy atom. The predicted octanol–water partition coefficient (Wildman–Crippen LogP) is 18.3. The lowest BCUT2D eigenvalue weighted by Crippen LogP contribution is -1.99. The molecule has 0 unspecified atom stereocenters. The van der Waals surface area contributed by atoms with Crippen molar-refractivity contribution in [1.29, 1.82) is 26.3 Å². The van der Waals surface area contributed by atoms with Crippen LogP contribution in [0.5, 0.6) is 0 Å². The summed E-state index contributed by atoms with van der Waals surface area (Å²) in [6, 6.07) is 65.9. The molecule has 2 aromatic heterocycles. The molecule has 0 N–H and O–H groups in total. The number of fused-ring (bicyclic) bond motifs is 6. The van der Waals surface area contributed by atoms with Crippen LogP contribution in [0.3, 0.4) is 0 Å². The normalized spacial score (nSPS) is 10.6. The smallest absolute Gasteiger partial charge is 0.210 e. The van der Waals surface area contributed by atoms with Crippen molar-refractivity contribution >= 4 is 72.0 Å². The molecule has 370 valence electrons. The summed E-state index contributed by atoms with van der Waals surface area (Å²) in [5.74, 6) is 0. The molecule has 12 aromatic rings. The van der Waals surface area contributed by atoms with Crippen LogP contribution in [0, 0.1) is 89.5 Å². The first-order valence-electron chi connectivity index (χ1n) is 25.1. The van der Waals surface area contributed by atoms with Crippen LogP contribution in [0.2, 0.25) is 0 Å². The fourth-order valence-electron chi connectivity index (χ4n) is 10.9. The predicted molar refractivity (Wildman–Crippen MR) is 317 cm³/mol. The zero-order chi connectivity index (χ0) is 56.8. The molecular formula is C70H30N12. The van der Waals surface area contributed by atoms with Crippen LogP contribution in [0.4, 0.5) is 28.4 Å². The van der Waals surface area contributed by atoms with Crippen molar-refractivity contribution in [3.8, 4) is 97.4 Å². The molecule has 0 fully saturated rings. The van der Waals surface area contributed by atoms with Crippen LogP contribution >= 0.6 is 0 Å². The Balaban J connectivity index is 1.11. The third kappa shape index (κ3) is 8.44. The largest absolute Gasteiger partial charge is 0.319 e. The van der Waals surface area contributed by atoms with E-state index in [1.165, 1.54) is 0 Å². The van der Waals surface area contributed by atoms with E-state index in [1.807, 2.05) is 106 Å². The van der Waals surface area contributed by atoms with Crippen LogP contribution in [-0.2, 0) is 0 Å². The van der Waals surface area contributed by atoms with Gasteiger partial charge in [0, 0.05) is 43.8 Å². The summed E-state index contributed by atoms with van der Waals surface area (Å²) in [5, 5.41) is 54.2. The van der Waals surface area contributed by atoms with Crippen LogP contribution < -0.4 is 0 Å². The van der Waals surface area contributed by atoms with Crippen molar-refractivity contribution in [2.24, 2.45) is 0 Å². The lowest BCUT2D eigenvalue weighted by atomic mass is 9.99. The van der Waals surface area contributed by atoms with Gasteiger partial charge in [0.2, 0.25) is 5.69 Å². The van der Waals surface area contributed by atoms with E-state index in [0.29, 0.717) is 112 Å². The molecule has 12 rings (SSSR count). The molecule has 0 amide bonds. The number of hydrogen-bond acceptors (Lipinski definition) is 5. The molecule has 0 aliphatic carbocycles. The van der Waals surface area contributed by atoms with E-state index in [9.17, 15) is 26.3 Å². The summed E-state index contributed by atoms with van der Waals surface area (Å²) in [5.41, 5.74) is 14.1. The van der Waals surface area contributed by atoms with Gasteiger partial charge in [0.25, 0.3) is 0 Å². The van der Waals surface area contributed by atoms with Crippen molar-refractivity contribution < 1.29 is 0 Å². The van der Waals surface area contributed by atoms with Gasteiger partial charge in [-0.15, -0.1) is 0 Å². The Labute approximate surface area is 469 Å². The highest BCUT2D eigenvalue weighted by Crippen LogP contribution is 2.44. The van der Waals surface area contributed by atoms with Crippen molar-refractivity contribution in [2.45, 2.75) is 0 Å². The first-order valence-corrected chi connectivity index (χ1v) is 25.1. The summed E-state index contributed by atoms with van der Waals surface area (Å²) in [4.78, 5) is 18.6. The quantitative estimate of drug-likeness (QED) is 0.146. The third-order valence-electron chi connectivity index (χ3n) is 14.6. The second-order valence-electron chi connectivity index (χ2n) is 19.2. The SMILES string of the molecule is [C-]#[N+]c1cc(C#N)cc(-c2ccc3c4ccc(-c5cc(C#N)cc([N+]#[C-])c5)cc4n(-c4cc(-c5ccc([N+]#[C-])c(-n6c7cc(-c8cc(C#N)cc([N+]#[C-])c8)ccc7c7ccc(-c8cc(C#N)cc([N+]#[C-])c8)cc76)c5)ccc4C#N)c3c2)c1. The van der Waals surface area contributed by atoms with Gasteiger partial charge < -0.3 is 9.13 Å². The van der Waals surface area contributed by atoms with Gasteiger partial charge in [-0.05, 0) is 171 Å². The van der Waals surface area contributed by atoms with Crippen molar-refractivity contribution in [3.63, 3.8) is 0 Å². The average molecular weight is 1040 g/mol. The zero-order valence-corrected chi connectivity index (χ0v) is 42.7. The number of hydrogen-bond donors (Lipinski definition) is 0. The highest BCUT2D eigenvalue weighted by Gasteiger charge is 2.22. The minimum absolute atomic E-state index is 0.309. The topological polar surface area (TPSA) is 151 Å². The zero-order valence-electron chi connectivity index (χ0n) is 42.7. The number of benzene rings is 10. The highest BCUT2D eigenvalue weighted by molar-refractivity contribution is 6.13. The summed E-state index contributed by atoms with van der Waals surface area (Å²) < 4.78 is 4.03. The number of aromatic nitrogens is 2. The second-order valence-corrected chi connectivity index (χ2v) is 19.2. The van der Waals surface area contributed by atoms with Gasteiger partial charge in [-0.2, -0.15) is 26.3 Å². The van der Waals surface area contributed by atoms with E-state index < -0.39 is 0 Å². The molecule has 0 saturated heterocycles. The molecule has 0 radical (unpaired) electrons. The second kappa shape index (κ2) is 20.0. The van der Waals surface area contributed by atoms with Gasteiger partial charge in [-0.1, -0.05) is 66.7 Å². The Kier molecular flexibility index (Phi) is 12.1. The van der Waals surface area contributed by atoms with Crippen molar-refractivity contribution in [2.75, 3.05) is 0 Å². The molecule has 82 heavy (non-hydrogen) atoms. The van der Waals surface area contributed by atoms with Crippen LogP contribution in [-0.4, -0.2) is 9.13 Å². The van der Waals surface area contributed by atoms with E-state index in [2.05, 4.69) is 54.6 Å². The molecule has 12 heteroatoms. The van der Waals surface area contributed by atoms with E-state index in [1.54, 1.807) is 84.9 Å². The van der Waals surface area contributed by atoms with Gasteiger partial charge in [-0.25, -0.2) is 24.2 Å². The van der Waals surface area contributed by atoms with Gasteiger partial charge >= 0.3 is 0 Å². The summed E-state index contributed by atoms with van der Waals surface area (Å²) in [6.07, 6.45) is 0. The van der Waals surface area contributed by atoms with Crippen molar-refractivity contribution in [3.05, 3.63) is 267 Å². The number of rotatable bonds is 7. The standard InChI is InChI=1S/C70H30N12/c1-76-56-22-41(36-71)18-52(26-56)47-8-13-60-61-14-9-48(53-19-42(37-72)23-57(27-53)77-2)32-67(61)81(66(60)31-47)65-30-45(6-7-51(65)40-75)46-12-17-64(80-5)70(35-46)82-68-33-49(54-20-43(38-73)24-58(28-54)78-3)10-15-62(68)63-16-11-50(34-69(63)82)55-21-44(39-74)25-59(29-55)79-4/h6-35H. The summed E-state index contributed by atoms with van der Waals surface area (Å²) in [7, 11) is 0. The minimum Gasteiger partial charge on any atom is -0.319 e. The number of nitrogens with zero attached hydrogens (tertiary/aromatic N) is 12. The first-order chi connectivity index (χ1) is 40.1. The van der Waals surface area contributed by atoms with Crippen LogP contribution in [0.25, 0.3) is 135 Å². The molecular weight excluding hydrogens is 1010 g/mol. The molecule has 0 spiro atoms. The maximum Gasteiger partial charge on any atom is 0.210 e. The lowest BCUT2D eigenvalue weighted by molar-refractivity contribution is 1.17. The highest BCUT2D eigenvalue weighted by atomic mass is 15.0. The summed E-state index contributed by atoms with van der Waals surface area (Å²) >= 11 is 0. The Bertz CT molecular complexity index is 4580. The van der Waals surface area contributed by atoms with Crippen LogP contribution in [0.1, 0.15) is 27.8 Å². The number of nitriles is 5. The first kappa shape index (κ1) is 49.6. The van der Waals surface area contributed by atoms with E-state index in [4.69, 9.17) is 32.9 Å². The van der Waals surface area contributed by atoms with Gasteiger partial charge in [0.15, 0.2) is 22.7 Å². The molecule has 0 aliphatic heterocycles. The lowest BCUT2D eigenvalue weighted by Gasteiger charge is -2.16. The summed E-state index contributed by atoms with van der Waals surface area (Å²) in [6.45, 7) is 39.7. The minimum atomic E-state index is 0.309. The maximum absolute atomic E-state index is 11.0. The Morgan fingerprint density at radius 1 is 0.268 bits per heavy atom. The average Bonchev–Trinajstić information content (AvgIpc) is 4.05. The van der Waals surface area contributed by atoms with E-state index in [-0.39, 0.29) is 0 Å². The monoisotopic (exact) mass is 1040 g/mol. The molecule has 10 aromatic carbocycles. The molecule has 0 saturated carbocycles. The molecule has 0 atom stereocenters. The van der Waals surface area contributed by atoms with Gasteiger partial charge in [-0.3, -0.25) is 0 Å². The fraction of sp³-hybridized carbons (Fsp3) is 0. The molecule has 2 heterocycles. The Morgan fingerprint density at radius 3 is 0.866 bits per heavy atom. The van der Waals surface area contributed by atoms with Gasteiger partial charge in [0.1, 0.15) is 6.07 Å². The molecule has 12 nitrogen and oxygen atoms in total. The maximum atomic E-state index is 11.0. The third-order valence-corrected chi connectivity index (χ3v) is 14.6. The van der Waals surface area contributed by atoms with E-state index in [0.717, 1.165) is 54.8 Å². The van der Waals surface area contributed by atoms with Crippen molar-refractivity contribution in [1.82, 2.24) is 9.13 Å². The Hall–Kier alpha value is -13.3. The fourth-order valence-corrected chi connectivity index (χ4v) is 10.9.